The number of nitrogens with two attached hydrogens (primary N) is 1. The van der Waals surface area contributed by atoms with Gasteiger partial charge in [-0.2, -0.15) is 5.26 Å². The van der Waals surface area contributed by atoms with Gasteiger partial charge in [0.15, 0.2) is 0 Å². The lowest BCUT2D eigenvalue weighted by Gasteiger charge is -2.11. The van der Waals surface area contributed by atoms with E-state index in [2.05, 4.69) is 6.07 Å². The number of benzene rings is 2. The first-order chi connectivity index (χ1) is 9.13. The molecule has 0 amide bonds. The molecule has 0 aliphatic rings. The van der Waals surface area contributed by atoms with Crippen molar-refractivity contribution in [1.82, 2.24) is 0 Å². The van der Waals surface area contributed by atoms with Gasteiger partial charge in [-0.3, -0.25) is 0 Å². The third kappa shape index (κ3) is 3.05. The molecule has 96 valence electrons. The molecule has 2 aromatic carbocycles. The number of halogens is 1. The lowest BCUT2D eigenvalue weighted by atomic mass is 10.1. The van der Waals surface area contributed by atoms with Gasteiger partial charge in [-0.25, -0.2) is 0 Å². The number of ether oxygens (including phenoxy) is 1. The molecule has 0 aliphatic heterocycles. The first kappa shape index (κ1) is 13.4. The maximum atomic E-state index is 9.14. The number of nitriles is 1. The van der Waals surface area contributed by atoms with Gasteiger partial charge < -0.3 is 10.5 Å². The van der Waals surface area contributed by atoms with Crippen LogP contribution in [0.5, 0.6) is 11.5 Å². The summed E-state index contributed by atoms with van der Waals surface area (Å²) in [5, 5.41) is 9.79. The summed E-state index contributed by atoms with van der Waals surface area (Å²) >= 11 is 5.90. The molecule has 4 heteroatoms. The highest BCUT2D eigenvalue weighted by Crippen LogP contribution is 2.29. The van der Waals surface area contributed by atoms with Crippen molar-refractivity contribution in [3.05, 3.63) is 58.1 Å². The van der Waals surface area contributed by atoms with Crippen LogP contribution >= 0.6 is 11.6 Å². The molecule has 0 saturated heterocycles. The van der Waals surface area contributed by atoms with Gasteiger partial charge in [-0.15, -0.1) is 0 Å². The number of nitrogens with zero attached hydrogens (tertiary/aromatic N) is 1. The van der Waals surface area contributed by atoms with E-state index in [4.69, 9.17) is 27.3 Å². The molecule has 0 heterocycles. The van der Waals surface area contributed by atoms with Crippen molar-refractivity contribution in [1.29, 1.82) is 5.26 Å². The van der Waals surface area contributed by atoms with E-state index in [1.807, 2.05) is 19.1 Å². The molecule has 0 saturated carbocycles. The van der Waals surface area contributed by atoms with E-state index < -0.39 is 0 Å². The lowest BCUT2D eigenvalue weighted by Crippen LogP contribution is -1.98. The summed E-state index contributed by atoms with van der Waals surface area (Å²) in [4.78, 5) is 0. The van der Waals surface area contributed by atoms with E-state index in [1.54, 1.807) is 24.3 Å². The Morgan fingerprint density at radius 3 is 2.58 bits per heavy atom. The SMILES string of the molecule is Cc1cc(Cl)ccc1Oc1ccc(CN)cc1C#N. The van der Waals surface area contributed by atoms with Crippen LogP contribution in [0.3, 0.4) is 0 Å². The molecule has 0 fully saturated rings. The van der Waals surface area contributed by atoms with Crippen LogP contribution in [0.2, 0.25) is 5.02 Å². The zero-order chi connectivity index (χ0) is 13.8. The summed E-state index contributed by atoms with van der Waals surface area (Å²) in [6.45, 7) is 2.30. The fraction of sp³-hybridized carbons (Fsp3) is 0.133. The summed E-state index contributed by atoms with van der Waals surface area (Å²) < 4.78 is 5.76. The minimum atomic E-state index is 0.398. The largest absolute Gasteiger partial charge is 0.456 e. The highest BCUT2D eigenvalue weighted by molar-refractivity contribution is 6.30. The molecule has 2 aromatic rings. The van der Waals surface area contributed by atoms with Gasteiger partial charge >= 0.3 is 0 Å². The topological polar surface area (TPSA) is 59.0 Å². The summed E-state index contributed by atoms with van der Waals surface area (Å²) in [7, 11) is 0. The zero-order valence-electron chi connectivity index (χ0n) is 10.5. The Kier molecular flexibility index (Phi) is 4.06. The molecule has 0 bridgehead atoms. The molecule has 3 nitrogen and oxygen atoms in total. The Morgan fingerprint density at radius 1 is 1.21 bits per heavy atom. The van der Waals surface area contributed by atoms with Crippen molar-refractivity contribution < 1.29 is 4.74 Å². The Balaban J connectivity index is 2.35. The molecule has 0 unspecified atom stereocenters. The Morgan fingerprint density at radius 2 is 1.95 bits per heavy atom. The van der Waals surface area contributed by atoms with E-state index in [0.29, 0.717) is 28.6 Å². The fourth-order valence-corrected chi connectivity index (χ4v) is 1.95. The highest BCUT2D eigenvalue weighted by atomic mass is 35.5. The molecule has 0 aromatic heterocycles. The van der Waals surface area contributed by atoms with E-state index in [-0.39, 0.29) is 0 Å². The van der Waals surface area contributed by atoms with Gasteiger partial charge in [0.25, 0.3) is 0 Å². The van der Waals surface area contributed by atoms with Crippen LogP contribution in [0, 0.1) is 18.3 Å². The number of hydrogen-bond donors (Lipinski definition) is 1. The predicted molar refractivity (Wildman–Crippen MR) is 75.3 cm³/mol. The van der Waals surface area contributed by atoms with Crippen LogP contribution in [0.1, 0.15) is 16.7 Å². The van der Waals surface area contributed by atoms with Gasteiger partial charge in [0.05, 0.1) is 5.56 Å². The van der Waals surface area contributed by atoms with Crippen molar-refractivity contribution in [3.63, 3.8) is 0 Å². The average Bonchev–Trinajstić information content (AvgIpc) is 2.42. The predicted octanol–water partition coefficient (Wildman–Crippen LogP) is 3.77. The second kappa shape index (κ2) is 5.75. The third-order valence-electron chi connectivity index (χ3n) is 2.76. The normalized spacial score (nSPS) is 10.0. The van der Waals surface area contributed by atoms with Gasteiger partial charge in [0, 0.05) is 11.6 Å². The lowest BCUT2D eigenvalue weighted by molar-refractivity contribution is 0.477. The number of aryl methyl sites for hydroxylation is 1. The van der Waals surface area contributed by atoms with Crippen molar-refractivity contribution in [3.8, 4) is 17.6 Å². The van der Waals surface area contributed by atoms with Crippen LogP contribution in [0.4, 0.5) is 0 Å². The first-order valence-electron chi connectivity index (χ1n) is 5.81. The molecule has 0 radical (unpaired) electrons. The van der Waals surface area contributed by atoms with Crippen LogP contribution in [0.25, 0.3) is 0 Å². The highest BCUT2D eigenvalue weighted by Gasteiger charge is 2.07. The first-order valence-corrected chi connectivity index (χ1v) is 6.19. The molecular formula is C15H13ClN2O. The van der Waals surface area contributed by atoms with Gasteiger partial charge in [-0.1, -0.05) is 17.7 Å². The summed E-state index contributed by atoms with van der Waals surface area (Å²) in [6, 6.07) is 12.8. The molecule has 19 heavy (non-hydrogen) atoms. The monoisotopic (exact) mass is 272 g/mol. The van der Waals surface area contributed by atoms with E-state index in [0.717, 1.165) is 11.1 Å². The Bertz CT molecular complexity index is 647. The van der Waals surface area contributed by atoms with Crippen molar-refractivity contribution in [2.45, 2.75) is 13.5 Å². The summed E-state index contributed by atoms with van der Waals surface area (Å²) in [6.07, 6.45) is 0. The molecule has 2 rings (SSSR count). The Hall–Kier alpha value is -2.02. The van der Waals surface area contributed by atoms with Crippen molar-refractivity contribution >= 4 is 11.6 Å². The van der Waals surface area contributed by atoms with E-state index >= 15 is 0 Å². The number of rotatable bonds is 3. The van der Waals surface area contributed by atoms with Crippen molar-refractivity contribution in [2.24, 2.45) is 5.73 Å². The minimum Gasteiger partial charge on any atom is -0.456 e. The average molecular weight is 273 g/mol. The van der Waals surface area contributed by atoms with Crippen LogP contribution in [-0.2, 0) is 6.54 Å². The van der Waals surface area contributed by atoms with Gasteiger partial charge in [-0.05, 0) is 48.4 Å². The zero-order valence-corrected chi connectivity index (χ0v) is 11.2. The van der Waals surface area contributed by atoms with Crippen LogP contribution in [-0.4, -0.2) is 0 Å². The fourth-order valence-electron chi connectivity index (χ4n) is 1.73. The maximum absolute atomic E-state index is 9.14. The minimum absolute atomic E-state index is 0.398. The molecule has 0 aliphatic carbocycles. The molecular weight excluding hydrogens is 260 g/mol. The van der Waals surface area contributed by atoms with Gasteiger partial charge in [0.1, 0.15) is 17.6 Å². The third-order valence-corrected chi connectivity index (χ3v) is 2.99. The van der Waals surface area contributed by atoms with E-state index in [1.165, 1.54) is 0 Å². The maximum Gasteiger partial charge on any atom is 0.145 e. The summed E-state index contributed by atoms with van der Waals surface area (Å²) in [5.41, 5.74) is 7.84. The van der Waals surface area contributed by atoms with E-state index in [9.17, 15) is 0 Å². The standard InChI is InChI=1S/C15H13ClN2O/c1-10-6-13(16)3-5-14(10)19-15-4-2-11(8-17)7-12(15)9-18/h2-7H,8,17H2,1H3. The summed E-state index contributed by atoms with van der Waals surface area (Å²) in [5.74, 6) is 1.20. The van der Waals surface area contributed by atoms with Crippen LogP contribution < -0.4 is 10.5 Å². The molecule has 2 N–H and O–H groups in total. The second-order valence-corrected chi connectivity index (χ2v) is 4.59. The van der Waals surface area contributed by atoms with Gasteiger partial charge in [0.2, 0.25) is 0 Å². The molecule has 0 atom stereocenters. The Labute approximate surface area is 117 Å². The quantitative estimate of drug-likeness (QED) is 0.925. The second-order valence-electron chi connectivity index (χ2n) is 4.16. The van der Waals surface area contributed by atoms with Crippen LogP contribution in [0.15, 0.2) is 36.4 Å². The smallest absolute Gasteiger partial charge is 0.145 e. The van der Waals surface area contributed by atoms with Crippen molar-refractivity contribution in [2.75, 3.05) is 0 Å². The molecule has 0 spiro atoms. The number of hydrogen-bond acceptors (Lipinski definition) is 3.